The molecule has 6 nitrogen and oxygen atoms in total. The fourth-order valence-corrected chi connectivity index (χ4v) is 2.24. The van der Waals surface area contributed by atoms with Crippen LogP contribution in [-0.4, -0.2) is 30.8 Å². The van der Waals surface area contributed by atoms with Gasteiger partial charge in [-0.05, 0) is 46.8 Å². The van der Waals surface area contributed by atoms with Crippen molar-refractivity contribution in [1.29, 1.82) is 0 Å². The second-order valence-electron chi connectivity index (χ2n) is 6.28. The molecule has 0 N–H and O–H groups in total. The summed E-state index contributed by atoms with van der Waals surface area (Å²) in [6.45, 7) is 8.93. The molecule has 130 valence electrons. The number of fused-ring (bicyclic) bond motifs is 1. The quantitative estimate of drug-likeness (QED) is 0.777. The molecule has 0 unspecified atom stereocenters. The number of carbonyl (C=O) groups is 2. The van der Waals surface area contributed by atoms with E-state index in [-0.39, 0.29) is 12.4 Å². The zero-order valence-electron chi connectivity index (χ0n) is 14.6. The number of ether oxygens (including phenoxy) is 3. The fourth-order valence-electron chi connectivity index (χ4n) is 2.24. The minimum absolute atomic E-state index is 0.132. The highest BCUT2D eigenvalue weighted by molar-refractivity contribution is 5.98. The number of carbonyl (C=O) groups excluding carboxylic acids is 2. The van der Waals surface area contributed by atoms with E-state index in [4.69, 9.17) is 18.6 Å². The van der Waals surface area contributed by atoms with E-state index in [1.807, 2.05) is 0 Å². The largest absolute Gasteiger partial charge is 0.481 e. The molecule has 1 heterocycles. The summed E-state index contributed by atoms with van der Waals surface area (Å²) in [5.74, 6) is -0.403. The van der Waals surface area contributed by atoms with Crippen molar-refractivity contribution in [2.24, 2.45) is 0 Å². The summed E-state index contributed by atoms with van der Waals surface area (Å²) in [5, 5.41) is 0.641. The molecule has 1 aromatic carbocycles. The summed E-state index contributed by atoms with van der Waals surface area (Å²) >= 11 is 0. The molecule has 0 bridgehead atoms. The Morgan fingerprint density at radius 2 is 1.92 bits per heavy atom. The zero-order chi connectivity index (χ0) is 17.9. The standard InChI is InChI=1S/C18H22O6/c1-6-21-14(19)10-22-12-8-7-9-13-15(12)11(2)16(23-13)17(20)24-18(3,4)5/h7-9H,6,10H2,1-5H3. The Balaban J connectivity index is 2.32. The maximum Gasteiger partial charge on any atom is 0.375 e. The smallest absolute Gasteiger partial charge is 0.375 e. The Hall–Kier alpha value is -2.50. The van der Waals surface area contributed by atoms with Gasteiger partial charge in [-0.15, -0.1) is 0 Å². The third-order valence-corrected chi connectivity index (χ3v) is 3.15. The molecule has 0 spiro atoms. The van der Waals surface area contributed by atoms with E-state index in [1.165, 1.54) is 0 Å². The minimum Gasteiger partial charge on any atom is -0.481 e. The lowest BCUT2D eigenvalue weighted by molar-refractivity contribution is -0.145. The second-order valence-corrected chi connectivity index (χ2v) is 6.28. The van der Waals surface area contributed by atoms with Crippen LogP contribution in [0, 0.1) is 6.92 Å². The van der Waals surface area contributed by atoms with Gasteiger partial charge < -0.3 is 18.6 Å². The molecule has 2 aromatic rings. The summed E-state index contributed by atoms with van der Waals surface area (Å²) in [4.78, 5) is 23.7. The fraction of sp³-hybridized carbons (Fsp3) is 0.444. The predicted molar refractivity (Wildman–Crippen MR) is 88.2 cm³/mol. The van der Waals surface area contributed by atoms with Crippen LogP contribution in [0.3, 0.4) is 0 Å². The lowest BCUT2D eigenvalue weighted by Gasteiger charge is -2.18. The van der Waals surface area contributed by atoms with Gasteiger partial charge >= 0.3 is 11.9 Å². The van der Waals surface area contributed by atoms with E-state index in [0.29, 0.717) is 28.9 Å². The molecule has 0 aliphatic heterocycles. The third-order valence-electron chi connectivity index (χ3n) is 3.15. The van der Waals surface area contributed by atoms with Gasteiger partial charge in [-0.2, -0.15) is 0 Å². The van der Waals surface area contributed by atoms with Crippen LogP contribution in [0.15, 0.2) is 22.6 Å². The predicted octanol–water partition coefficient (Wildman–Crippen LogP) is 3.64. The summed E-state index contributed by atoms with van der Waals surface area (Å²) in [6, 6.07) is 5.17. The van der Waals surface area contributed by atoms with Crippen LogP contribution in [0.5, 0.6) is 5.75 Å². The first-order valence-electron chi connectivity index (χ1n) is 7.77. The van der Waals surface area contributed by atoms with Gasteiger partial charge in [0.15, 0.2) is 6.61 Å². The van der Waals surface area contributed by atoms with Crippen molar-refractivity contribution in [3.8, 4) is 5.75 Å². The Kier molecular flexibility index (Phi) is 5.17. The van der Waals surface area contributed by atoms with Gasteiger partial charge in [-0.3, -0.25) is 0 Å². The first-order valence-corrected chi connectivity index (χ1v) is 7.77. The molecule has 0 atom stereocenters. The number of aryl methyl sites for hydroxylation is 1. The maximum atomic E-state index is 12.3. The average molecular weight is 334 g/mol. The van der Waals surface area contributed by atoms with Crippen LogP contribution in [-0.2, 0) is 14.3 Å². The molecular formula is C18H22O6. The first-order chi connectivity index (χ1) is 11.2. The summed E-state index contributed by atoms with van der Waals surface area (Å²) < 4.78 is 21.4. The number of rotatable bonds is 5. The molecule has 0 fully saturated rings. The van der Waals surface area contributed by atoms with Crippen LogP contribution >= 0.6 is 0 Å². The van der Waals surface area contributed by atoms with Gasteiger partial charge in [0.05, 0.1) is 12.0 Å². The lowest BCUT2D eigenvalue weighted by atomic mass is 10.1. The van der Waals surface area contributed by atoms with Gasteiger partial charge in [0.2, 0.25) is 5.76 Å². The van der Waals surface area contributed by atoms with Crippen LogP contribution in [0.1, 0.15) is 43.8 Å². The average Bonchev–Trinajstić information content (AvgIpc) is 2.82. The Morgan fingerprint density at radius 3 is 2.54 bits per heavy atom. The molecule has 6 heteroatoms. The topological polar surface area (TPSA) is 75.0 Å². The van der Waals surface area contributed by atoms with Gasteiger partial charge in [-0.25, -0.2) is 9.59 Å². The van der Waals surface area contributed by atoms with Crippen LogP contribution in [0.2, 0.25) is 0 Å². The van der Waals surface area contributed by atoms with Crippen LogP contribution in [0.25, 0.3) is 11.0 Å². The van der Waals surface area contributed by atoms with Crippen molar-refractivity contribution >= 4 is 22.9 Å². The molecule has 0 radical (unpaired) electrons. The Labute approximate surface area is 140 Å². The van der Waals surface area contributed by atoms with Crippen molar-refractivity contribution < 1.29 is 28.2 Å². The third kappa shape index (κ3) is 4.07. The van der Waals surface area contributed by atoms with E-state index in [0.717, 1.165) is 0 Å². The molecule has 0 saturated heterocycles. The van der Waals surface area contributed by atoms with Crippen molar-refractivity contribution in [2.45, 2.75) is 40.2 Å². The molecule has 0 aliphatic rings. The van der Waals surface area contributed by atoms with Gasteiger partial charge in [-0.1, -0.05) is 6.07 Å². The molecule has 0 saturated carbocycles. The number of hydrogen-bond acceptors (Lipinski definition) is 6. The normalized spacial score (nSPS) is 11.4. The van der Waals surface area contributed by atoms with Crippen LogP contribution in [0.4, 0.5) is 0 Å². The lowest BCUT2D eigenvalue weighted by Crippen LogP contribution is -2.24. The highest BCUT2D eigenvalue weighted by Gasteiger charge is 2.25. The molecule has 0 aliphatic carbocycles. The molecule has 0 amide bonds. The Bertz CT molecular complexity index is 751. The first kappa shape index (κ1) is 17.8. The molecule has 24 heavy (non-hydrogen) atoms. The number of benzene rings is 1. The maximum absolute atomic E-state index is 12.3. The van der Waals surface area contributed by atoms with Gasteiger partial charge in [0, 0.05) is 5.56 Å². The summed E-state index contributed by atoms with van der Waals surface area (Å²) in [5.41, 5.74) is 0.486. The van der Waals surface area contributed by atoms with Crippen molar-refractivity contribution in [1.82, 2.24) is 0 Å². The van der Waals surface area contributed by atoms with E-state index in [9.17, 15) is 9.59 Å². The van der Waals surface area contributed by atoms with Crippen molar-refractivity contribution in [2.75, 3.05) is 13.2 Å². The SMILES string of the molecule is CCOC(=O)COc1cccc2oc(C(=O)OC(C)(C)C)c(C)c12. The number of esters is 2. The van der Waals surface area contributed by atoms with E-state index < -0.39 is 17.5 Å². The molecular weight excluding hydrogens is 312 g/mol. The monoisotopic (exact) mass is 334 g/mol. The second kappa shape index (κ2) is 6.95. The van der Waals surface area contributed by atoms with E-state index >= 15 is 0 Å². The minimum atomic E-state index is -0.619. The number of hydrogen-bond donors (Lipinski definition) is 0. The van der Waals surface area contributed by atoms with Crippen LogP contribution < -0.4 is 4.74 Å². The number of furan rings is 1. The van der Waals surface area contributed by atoms with E-state index in [1.54, 1.807) is 52.8 Å². The Morgan fingerprint density at radius 1 is 1.21 bits per heavy atom. The van der Waals surface area contributed by atoms with Gasteiger partial charge in [0.1, 0.15) is 16.9 Å². The highest BCUT2D eigenvalue weighted by Crippen LogP contribution is 2.34. The van der Waals surface area contributed by atoms with E-state index in [2.05, 4.69) is 0 Å². The van der Waals surface area contributed by atoms with Crippen molar-refractivity contribution in [3.05, 3.63) is 29.5 Å². The summed E-state index contributed by atoms with van der Waals surface area (Å²) in [6.07, 6.45) is 0. The highest BCUT2D eigenvalue weighted by atomic mass is 16.6. The molecule has 1 aromatic heterocycles. The molecule has 2 rings (SSSR count). The summed E-state index contributed by atoms with van der Waals surface area (Å²) in [7, 11) is 0. The zero-order valence-corrected chi connectivity index (χ0v) is 14.6. The van der Waals surface area contributed by atoms with Crippen molar-refractivity contribution in [3.63, 3.8) is 0 Å². The van der Waals surface area contributed by atoms with Gasteiger partial charge in [0.25, 0.3) is 0 Å².